The van der Waals surface area contributed by atoms with Crippen LogP contribution in [0.3, 0.4) is 0 Å². The molecule has 1 aromatic carbocycles. The van der Waals surface area contributed by atoms with Gasteiger partial charge in [0.15, 0.2) is 5.78 Å². The van der Waals surface area contributed by atoms with Gasteiger partial charge in [-0.05, 0) is 29.8 Å². The molecule has 3 rings (SSSR count). The molecule has 0 aliphatic heterocycles. The Morgan fingerprint density at radius 1 is 1.20 bits per heavy atom. The van der Waals surface area contributed by atoms with Gasteiger partial charge >= 0.3 is 5.97 Å². The van der Waals surface area contributed by atoms with Gasteiger partial charge in [-0.1, -0.05) is 12.1 Å². The number of ketones is 1. The number of ether oxygens (including phenoxy) is 1. The van der Waals surface area contributed by atoms with Crippen molar-refractivity contribution in [2.75, 3.05) is 7.11 Å². The van der Waals surface area contributed by atoms with Crippen molar-refractivity contribution in [2.24, 2.45) is 0 Å². The number of carbonyl (C=O) groups excluding carboxylic acids is 1. The predicted octanol–water partition coefficient (Wildman–Crippen LogP) is 3.04. The van der Waals surface area contributed by atoms with Crippen molar-refractivity contribution in [2.45, 2.75) is 6.92 Å². The van der Waals surface area contributed by atoms with E-state index >= 15 is 0 Å². The van der Waals surface area contributed by atoms with Gasteiger partial charge in [-0.2, -0.15) is 5.10 Å². The molecule has 0 unspecified atom stereocenters. The number of nitrogens with one attached hydrogen (secondary N) is 1. The number of hydrogen-bond donors (Lipinski definition) is 2. The zero-order chi connectivity index (χ0) is 18.0. The molecule has 0 fully saturated rings. The second kappa shape index (κ2) is 6.56. The van der Waals surface area contributed by atoms with E-state index in [2.05, 4.69) is 15.2 Å². The van der Waals surface area contributed by atoms with Gasteiger partial charge < -0.3 is 9.84 Å². The largest absolute Gasteiger partial charge is 0.495 e. The number of carbonyl (C=O) groups is 2. The second-order valence-corrected chi connectivity index (χ2v) is 5.35. The molecule has 0 aliphatic rings. The van der Waals surface area contributed by atoms with Gasteiger partial charge in [0.25, 0.3) is 0 Å². The summed E-state index contributed by atoms with van der Waals surface area (Å²) >= 11 is 0. The molecule has 0 radical (unpaired) electrons. The zero-order valence-electron chi connectivity index (χ0n) is 13.6. The van der Waals surface area contributed by atoms with E-state index in [1.165, 1.54) is 20.1 Å². The van der Waals surface area contributed by atoms with Crippen LogP contribution >= 0.6 is 0 Å². The van der Waals surface area contributed by atoms with Crippen LogP contribution in [0.1, 0.15) is 39.0 Å². The number of aromatic amines is 1. The zero-order valence-corrected chi connectivity index (χ0v) is 13.6. The van der Waals surface area contributed by atoms with Gasteiger partial charge in [0.1, 0.15) is 17.0 Å². The number of nitrogens with zero attached hydrogens (tertiary/aromatic N) is 2. The second-order valence-electron chi connectivity index (χ2n) is 5.35. The number of rotatable bonds is 5. The fourth-order valence-corrected chi connectivity index (χ4v) is 2.49. The van der Waals surface area contributed by atoms with Crippen molar-refractivity contribution >= 4 is 34.8 Å². The lowest BCUT2D eigenvalue weighted by atomic mass is 10.1. The van der Waals surface area contributed by atoms with E-state index in [1.807, 2.05) is 0 Å². The lowest BCUT2D eigenvalue weighted by molar-refractivity contribution is 0.0693. The first-order chi connectivity index (χ1) is 12.0. The third-order valence-corrected chi connectivity index (χ3v) is 3.73. The van der Waals surface area contributed by atoms with Crippen molar-refractivity contribution in [3.05, 3.63) is 53.0 Å². The van der Waals surface area contributed by atoms with E-state index in [9.17, 15) is 14.7 Å². The molecular formula is C18H15N3O4. The van der Waals surface area contributed by atoms with Crippen LogP contribution in [0.15, 0.2) is 30.5 Å². The third-order valence-electron chi connectivity index (χ3n) is 3.73. The summed E-state index contributed by atoms with van der Waals surface area (Å²) in [5.74, 6) is -0.915. The number of methoxy groups -OCH3 is 1. The number of carboxylic acids is 1. The quantitative estimate of drug-likeness (QED) is 0.693. The summed E-state index contributed by atoms with van der Waals surface area (Å²) in [7, 11) is 1.42. The number of aromatic nitrogens is 3. The van der Waals surface area contributed by atoms with Gasteiger partial charge in [0.05, 0.1) is 23.7 Å². The van der Waals surface area contributed by atoms with Crippen LogP contribution in [0.4, 0.5) is 0 Å². The molecule has 0 aliphatic carbocycles. The maximum absolute atomic E-state index is 11.4. The Morgan fingerprint density at radius 2 is 2.00 bits per heavy atom. The van der Waals surface area contributed by atoms with Gasteiger partial charge in [-0.25, -0.2) is 4.79 Å². The molecule has 0 saturated heterocycles. The van der Waals surface area contributed by atoms with Crippen molar-refractivity contribution < 1.29 is 19.4 Å². The Bertz CT molecular complexity index is 987. The van der Waals surface area contributed by atoms with Gasteiger partial charge in [0.2, 0.25) is 0 Å². The van der Waals surface area contributed by atoms with E-state index in [0.717, 1.165) is 5.56 Å². The number of benzene rings is 1. The molecule has 7 heteroatoms. The number of H-pyrrole nitrogens is 1. The Hall–Kier alpha value is -3.48. The smallest absolute Gasteiger partial charge is 0.339 e. The van der Waals surface area contributed by atoms with Crippen LogP contribution in [0.25, 0.3) is 23.1 Å². The molecule has 126 valence electrons. The van der Waals surface area contributed by atoms with Crippen molar-refractivity contribution in [1.82, 2.24) is 15.2 Å². The molecule has 3 aromatic rings. The van der Waals surface area contributed by atoms with Gasteiger partial charge in [0, 0.05) is 13.1 Å². The Kier molecular flexibility index (Phi) is 4.30. The number of aromatic carboxylic acids is 1. The highest BCUT2D eigenvalue weighted by molar-refractivity contribution is 6.02. The predicted molar refractivity (Wildman–Crippen MR) is 92.8 cm³/mol. The van der Waals surface area contributed by atoms with Crippen LogP contribution < -0.4 is 4.74 Å². The van der Waals surface area contributed by atoms with E-state index in [1.54, 1.807) is 36.5 Å². The summed E-state index contributed by atoms with van der Waals surface area (Å²) in [6, 6.07) is 6.54. The fraction of sp³-hybridized carbons (Fsp3) is 0.111. The molecule has 25 heavy (non-hydrogen) atoms. The van der Waals surface area contributed by atoms with Crippen molar-refractivity contribution in [3.63, 3.8) is 0 Å². The lowest BCUT2D eigenvalue weighted by Gasteiger charge is -2.06. The van der Waals surface area contributed by atoms with Crippen molar-refractivity contribution in [3.8, 4) is 5.75 Å². The Labute approximate surface area is 143 Å². The normalized spacial score (nSPS) is 11.1. The average molecular weight is 337 g/mol. The topological polar surface area (TPSA) is 105 Å². The van der Waals surface area contributed by atoms with Gasteiger partial charge in [-0.3, -0.25) is 14.9 Å². The molecule has 2 heterocycles. The molecule has 7 nitrogen and oxygen atoms in total. The summed E-state index contributed by atoms with van der Waals surface area (Å²) in [5.41, 5.74) is 2.47. The third kappa shape index (κ3) is 3.12. The maximum Gasteiger partial charge on any atom is 0.339 e. The molecule has 0 bridgehead atoms. The minimum atomic E-state index is -1.07. The van der Waals surface area contributed by atoms with Crippen LogP contribution in [0.2, 0.25) is 0 Å². The molecular weight excluding hydrogens is 322 g/mol. The molecule has 2 aromatic heterocycles. The molecule has 0 spiro atoms. The van der Waals surface area contributed by atoms with E-state index in [0.29, 0.717) is 22.3 Å². The summed E-state index contributed by atoms with van der Waals surface area (Å²) in [5, 5.41) is 16.9. The monoisotopic (exact) mass is 337 g/mol. The first-order valence-electron chi connectivity index (χ1n) is 7.44. The number of fused-ring (bicyclic) bond motifs is 1. The molecule has 2 N–H and O–H groups in total. The SMILES string of the molecule is COc1c(C(=O)O)ccc2[nH]nc(C=Cc3ccc(C(C)=O)nc3)c12. The highest BCUT2D eigenvalue weighted by Crippen LogP contribution is 2.32. The highest BCUT2D eigenvalue weighted by atomic mass is 16.5. The summed E-state index contributed by atoms with van der Waals surface area (Å²) < 4.78 is 5.29. The van der Waals surface area contributed by atoms with Crippen LogP contribution in [0, 0.1) is 0 Å². The van der Waals surface area contributed by atoms with Gasteiger partial charge in [-0.15, -0.1) is 0 Å². The summed E-state index contributed by atoms with van der Waals surface area (Å²) in [6.07, 6.45) is 5.10. The van der Waals surface area contributed by atoms with Crippen LogP contribution in [0.5, 0.6) is 5.75 Å². The maximum atomic E-state index is 11.4. The minimum absolute atomic E-state index is 0.0681. The molecule has 0 amide bonds. The number of hydrogen-bond acceptors (Lipinski definition) is 5. The molecule has 0 atom stereocenters. The lowest BCUT2D eigenvalue weighted by Crippen LogP contribution is -2.00. The van der Waals surface area contributed by atoms with Crippen LogP contribution in [-0.4, -0.2) is 39.2 Å². The summed E-state index contributed by atoms with van der Waals surface area (Å²) in [6.45, 7) is 1.46. The highest BCUT2D eigenvalue weighted by Gasteiger charge is 2.17. The standard InChI is InChI=1S/C18H15N3O4/c1-10(22)13-6-3-11(9-19-13)4-7-14-16-15(21-20-14)8-5-12(18(23)24)17(16)25-2/h3-9H,1-2H3,(H,20,21)(H,23,24). The van der Waals surface area contributed by atoms with E-state index in [4.69, 9.17) is 4.74 Å². The fourth-order valence-electron chi connectivity index (χ4n) is 2.49. The molecule has 0 saturated carbocycles. The Morgan fingerprint density at radius 3 is 2.60 bits per heavy atom. The Balaban J connectivity index is 2.02. The number of pyridine rings is 1. The average Bonchev–Trinajstić information content (AvgIpc) is 3.02. The van der Waals surface area contributed by atoms with E-state index < -0.39 is 5.97 Å². The summed E-state index contributed by atoms with van der Waals surface area (Å²) in [4.78, 5) is 26.7. The first-order valence-corrected chi connectivity index (χ1v) is 7.44. The van der Waals surface area contributed by atoms with Crippen LogP contribution in [-0.2, 0) is 0 Å². The first kappa shape index (κ1) is 16.4. The number of Topliss-reactive ketones (excluding diaryl/α,β-unsaturated/α-hetero) is 1. The van der Waals surface area contributed by atoms with E-state index in [-0.39, 0.29) is 17.1 Å². The van der Waals surface area contributed by atoms with Crippen molar-refractivity contribution in [1.29, 1.82) is 0 Å². The minimum Gasteiger partial charge on any atom is -0.495 e. The number of carboxylic acid groups (broad SMARTS) is 1.